The van der Waals surface area contributed by atoms with Gasteiger partial charge in [-0.15, -0.1) is 0 Å². The summed E-state index contributed by atoms with van der Waals surface area (Å²) < 4.78 is 16.0. The number of likely N-dealkylation sites (tertiary alicyclic amines) is 1. The van der Waals surface area contributed by atoms with E-state index in [2.05, 4.69) is 14.7 Å². The molecular formula is C14H23N3O4. The van der Waals surface area contributed by atoms with Crippen LogP contribution in [-0.4, -0.2) is 45.4 Å². The Bertz CT molecular complexity index is 469. The summed E-state index contributed by atoms with van der Waals surface area (Å²) in [5.74, 6) is 0.505. The second-order valence-corrected chi connectivity index (χ2v) is 6.59. The summed E-state index contributed by atoms with van der Waals surface area (Å²) in [6.45, 7) is 9.04. The number of carbonyl (C=O) groups is 1. The van der Waals surface area contributed by atoms with Crippen LogP contribution in [0.5, 0.6) is 0 Å². The molecule has 1 aliphatic rings. The van der Waals surface area contributed by atoms with Crippen LogP contribution >= 0.6 is 0 Å². The highest BCUT2D eigenvalue weighted by atomic mass is 16.6. The van der Waals surface area contributed by atoms with Crippen LogP contribution in [0, 0.1) is 0 Å². The lowest BCUT2D eigenvalue weighted by Crippen LogP contribution is -2.51. The number of amides is 1. The lowest BCUT2D eigenvalue weighted by atomic mass is 9.95. The average Bonchev–Trinajstić information content (AvgIpc) is 2.88. The molecule has 0 N–H and O–H groups in total. The van der Waals surface area contributed by atoms with E-state index < -0.39 is 11.2 Å². The monoisotopic (exact) mass is 297 g/mol. The number of carbonyl (C=O) groups excluding carboxylic acids is 1. The molecule has 2 rings (SSSR count). The van der Waals surface area contributed by atoms with Gasteiger partial charge in [0.2, 0.25) is 6.39 Å². The SMILES string of the molecule is CC(C)(C)OC(=O)N1CCCC(C)(OCc2ncon2)C1. The van der Waals surface area contributed by atoms with Gasteiger partial charge in [0, 0.05) is 6.54 Å². The van der Waals surface area contributed by atoms with Crippen molar-refractivity contribution >= 4 is 6.09 Å². The third kappa shape index (κ3) is 4.70. The fraction of sp³-hybridized carbons (Fsp3) is 0.786. The Morgan fingerprint density at radius 2 is 2.29 bits per heavy atom. The molecule has 7 heteroatoms. The van der Waals surface area contributed by atoms with Crippen molar-refractivity contribution in [2.75, 3.05) is 13.1 Å². The molecule has 2 heterocycles. The van der Waals surface area contributed by atoms with E-state index in [1.807, 2.05) is 27.7 Å². The molecule has 0 aromatic carbocycles. The lowest BCUT2D eigenvalue weighted by molar-refractivity contribution is -0.0899. The Morgan fingerprint density at radius 3 is 2.90 bits per heavy atom. The number of piperidine rings is 1. The molecule has 118 valence electrons. The summed E-state index contributed by atoms with van der Waals surface area (Å²) in [5, 5.41) is 3.72. The zero-order valence-corrected chi connectivity index (χ0v) is 13.1. The summed E-state index contributed by atoms with van der Waals surface area (Å²) in [4.78, 5) is 17.8. The molecule has 21 heavy (non-hydrogen) atoms. The maximum Gasteiger partial charge on any atom is 0.410 e. The molecule has 1 amide bonds. The number of hydrogen-bond acceptors (Lipinski definition) is 6. The first kappa shape index (κ1) is 15.8. The minimum atomic E-state index is -0.490. The van der Waals surface area contributed by atoms with Crippen molar-refractivity contribution in [3.05, 3.63) is 12.2 Å². The molecule has 1 fully saturated rings. The summed E-state index contributed by atoms with van der Waals surface area (Å²) in [5.41, 5.74) is -0.911. The van der Waals surface area contributed by atoms with E-state index in [0.717, 1.165) is 12.8 Å². The van der Waals surface area contributed by atoms with Crippen LogP contribution in [0.3, 0.4) is 0 Å². The Kier molecular flexibility index (Phi) is 4.51. The Hall–Kier alpha value is -1.63. The van der Waals surface area contributed by atoms with E-state index in [1.165, 1.54) is 6.39 Å². The van der Waals surface area contributed by atoms with Gasteiger partial charge in [-0.2, -0.15) is 4.98 Å². The van der Waals surface area contributed by atoms with Crippen LogP contribution in [0.4, 0.5) is 4.79 Å². The predicted molar refractivity (Wildman–Crippen MR) is 74.5 cm³/mol. The molecule has 7 nitrogen and oxygen atoms in total. The van der Waals surface area contributed by atoms with Crippen molar-refractivity contribution in [3.63, 3.8) is 0 Å². The first-order valence-electron chi connectivity index (χ1n) is 7.15. The van der Waals surface area contributed by atoms with Gasteiger partial charge < -0.3 is 18.9 Å². The number of hydrogen-bond donors (Lipinski definition) is 0. The summed E-state index contributed by atoms with van der Waals surface area (Å²) >= 11 is 0. The van der Waals surface area contributed by atoms with Gasteiger partial charge >= 0.3 is 6.09 Å². The van der Waals surface area contributed by atoms with E-state index in [0.29, 0.717) is 18.9 Å². The van der Waals surface area contributed by atoms with E-state index >= 15 is 0 Å². The minimum Gasteiger partial charge on any atom is -0.444 e. The van der Waals surface area contributed by atoms with Crippen molar-refractivity contribution < 1.29 is 18.8 Å². The highest BCUT2D eigenvalue weighted by Crippen LogP contribution is 2.26. The summed E-state index contributed by atoms with van der Waals surface area (Å²) in [6, 6.07) is 0. The number of rotatable bonds is 3. The highest BCUT2D eigenvalue weighted by Gasteiger charge is 2.36. The van der Waals surface area contributed by atoms with Crippen molar-refractivity contribution in [2.24, 2.45) is 0 Å². The molecule has 1 unspecified atom stereocenters. The van der Waals surface area contributed by atoms with Gasteiger partial charge in [-0.1, -0.05) is 5.16 Å². The van der Waals surface area contributed by atoms with Crippen LogP contribution in [0.15, 0.2) is 10.9 Å². The molecule has 0 aliphatic carbocycles. The molecule has 1 saturated heterocycles. The minimum absolute atomic E-state index is 0.273. The van der Waals surface area contributed by atoms with Gasteiger partial charge in [0.25, 0.3) is 0 Å². The van der Waals surface area contributed by atoms with Crippen molar-refractivity contribution in [3.8, 4) is 0 Å². The average molecular weight is 297 g/mol. The lowest BCUT2D eigenvalue weighted by Gasteiger charge is -2.40. The van der Waals surface area contributed by atoms with Gasteiger partial charge in [0.15, 0.2) is 5.82 Å². The van der Waals surface area contributed by atoms with E-state index in [9.17, 15) is 4.79 Å². The van der Waals surface area contributed by atoms with Crippen LogP contribution in [0.2, 0.25) is 0 Å². The maximum atomic E-state index is 12.1. The van der Waals surface area contributed by atoms with Crippen LogP contribution < -0.4 is 0 Å². The zero-order chi connectivity index (χ0) is 15.5. The number of aromatic nitrogens is 2. The van der Waals surface area contributed by atoms with Gasteiger partial charge in [0.1, 0.15) is 12.2 Å². The van der Waals surface area contributed by atoms with Gasteiger partial charge in [0.05, 0.1) is 12.1 Å². The molecule has 0 spiro atoms. The first-order valence-corrected chi connectivity index (χ1v) is 7.15. The first-order chi connectivity index (χ1) is 9.77. The van der Waals surface area contributed by atoms with Crippen LogP contribution in [0.1, 0.15) is 46.4 Å². The van der Waals surface area contributed by atoms with Crippen molar-refractivity contribution in [1.82, 2.24) is 15.0 Å². The van der Waals surface area contributed by atoms with Gasteiger partial charge in [-0.25, -0.2) is 4.79 Å². The molecule has 1 aromatic heterocycles. The third-order valence-corrected chi connectivity index (χ3v) is 3.27. The predicted octanol–water partition coefficient (Wildman–Crippen LogP) is 2.38. The molecule has 1 aliphatic heterocycles. The third-order valence-electron chi connectivity index (χ3n) is 3.27. The molecule has 0 radical (unpaired) electrons. The van der Waals surface area contributed by atoms with Crippen LogP contribution in [0.25, 0.3) is 0 Å². The fourth-order valence-electron chi connectivity index (χ4n) is 2.30. The second-order valence-electron chi connectivity index (χ2n) is 6.59. The smallest absolute Gasteiger partial charge is 0.410 e. The number of ether oxygens (including phenoxy) is 2. The molecule has 0 saturated carbocycles. The zero-order valence-electron chi connectivity index (χ0n) is 13.1. The normalized spacial score (nSPS) is 23.1. The Balaban J connectivity index is 1.91. The topological polar surface area (TPSA) is 77.7 Å². The maximum absolute atomic E-state index is 12.1. The Labute approximate surface area is 124 Å². The molecule has 1 aromatic rings. The molecular weight excluding hydrogens is 274 g/mol. The van der Waals surface area contributed by atoms with E-state index in [-0.39, 0.29) is 12.7 Å². The quantitative estimate of drug-likeness (QED) is 0.852. The van der Waals surface area contributed by atoms with E-state index in [1.54, 1.807) is 4.90 Å². The number of nitrogens with zero attached hydrogens (tertiary/aromatic N) is 3. The Morgan fingerprint density at radius 1 is 1.52 bits per heavy atom. The van der Waals surface area contributed by atoms with Crippen LogP contribution in [-0.2, 0) is 16.1 Å². The van der Waals surface area contributed by atoms with Gasteiger partial charge in [-0.3, -0.25) is 0 Å². The summed E-state index contributed by atoms with van der Waals surface area (Å²) in [7, 11) is 0. The van der Waals surface area contributed by atoms with Crippen molar-refractivity contribution in [2.45, 2.75) is 58.3 Å². The molecule has 1 atom stereocenters. The van der Waals surface area contributed by atoms with E-state index in [4.69, 9.17) is 9.47 Å². The standard InChI is InChI=1S/C14H23N3O4/c1-13(2,3)21-12(18)17-7-5-6-14(4,9-17)19-8-11-15-10-20-16-11/h10H,5-9H2,1-4H3. The molecule has 0 bridgehead atoms. The largest absolute Gasteiger partial charge is 0.444 e. The second kappa shape index (κ2) is 6.01. The summed E-state index contributed by atoms with van der Waals surface area (Å²) in [6.07, 6.45) is 2.73. The van der Waals surface area contributed by atoms with Gasteiger partial charge in [-0.05, 0) is 40.5 Å². The fourth-order valence-corrected chi connectivity index (χ4v) is 2.30. The highest BCUT2D eigenvalue weighted by molar-refractivity contribution is 5.68. The van der Waals surface area contributed by atoms with Crippen molar-refractivity contribution in [1.29, 1.82) is 0 Å².